The van der Waals surface area contributed by atoms with Crippen LogP contribution in [-0.4, -0.2) is 91.3 Å². The second kappa shape index (κ2) is 10.4. The van der Waals surface area contributed by atoms with E-state index in [0.717, 1.165) is 38.4 Å². The van der Waals surface area contributed by atoms with Crippen molar-refractivity contribution in [2.24, 2.45) is 11.8 Å². The minimum Gasteiger partial charge on any atom is -0.379 e. The van der Waals surface area contributed by atoms with Gasteiger partial charge in [-0.25, -0.2) is 0 Å². The van der Waals surface area contributed by atoms with Gasteiger partial charge in [0.1, 0.15) is 0 Å². The zero-order valence-electron chi connectivity index (χ0n) is 18.2. The number of carbonyl (C=O) groups excluding carboxylic acids is 3. The number of rotatable bonds is 6. The van der Waals surface area contributed by atoms with E-state index in [2.05, 4.69) is 4.90 Å². The molecule has 3 aliphatic heterocycles. The van der Waals surface area contributed by atoms with Crippen LogP contribution in [0.1, 0.15) is 36.0 Å². The summed E-state index contributed by atoms with van der Waals surface area (Å²) < 4.78 is 5.38. The lowest BCUT2D eigenvalue weighted by atomic mass is 9.88. The van der Waals surface area contributed by atoms with Gasteiger partial charge in [-0.2, -0.15) is 0 Å². The smallest absolute Gasteiger partial charge is 0.227 e. The average Bonchev–Trinajstić information content (AvgIpc) is 2.84. The van der Waals surface area contributed by atoms with Crippen molar-refractivity contribution < 1.29 is 19.1 Å². The van der Waals surface area contributed by atoms with Crippen molar-refractivity contribution in [1.82, 2.24) is 14.7 Å². The van der Waals surface area contributed by atoms with Gasteiger partial charge in [0.2, 0.25) is 11.8 Å². The molecule has 0 radical (unpaired) electrons. The van der Waals surface area contributed by atoms with Crippen LogP contribution >= 0.6 is 0 Å². The molecular weight excluding hydrogens is 394 g/mol. The number of amides is 2. The number of morpholine rings is 1. The van der Waals surface area contributed by atoms with Gasteiger partial charge in [0.05, 0.1) is 19.1 Å². The molecule has 0 aliphatic carbocycles. The van der Waals surface area contributed by atoms with Gasteiger partial charge >= 0.3 is 0 Å². The molecule has 31 heavy (non-hydrogen) atoms. The Morgan fingerprint density at radius 2 is 1.61 bits per heavy atom. The van der Waals surface area contributed by atoms with Gasteiger partial charge in [-0.3, -0.25) is 19.3 Å². The highest BCUT2D eigenvalue weighted by molar-refractivity contribution is 5.98. The summed E-state index contributed by atoms with van der Waals surface area (Å²) in [7, 11) is 0. The summed E-state index contributed by atoms with van der Waals surface area (Å²) >= 11 is 0. The number of hydrogen-bond acceptors (Lipinski definition) is 5. The zero-order valence-corrected chi connectivity index (χ0v) is 18.2. The van der Waals surface area contributed by atoms with Crippen molar-refractivity contribution in [3.63, 3.8) is 0 Å². The van der Waals surface area contributed by atoms with E-state index in [1.165, 1.54) is 0 Å². The third-order valence-electron chi connectivity index (χ3n) is 6.87. The van der Waals surface area contributed by atoms with E-state index in [4.69, 9.17) is 4.74 Å². The van der Waals surface area contributed by atoms with Crippen LogP contribution in [0.25, 0.3) is 0 Å². The summed E-state index contributed by atoms with van der Waals surface area (Å²) in [5.41, 5.74) is 0.758. The number of benzene rings is 1. The number of ketones is 1. The van der Waals surface area contributed by atoms with Gasteiger partial charge in [-0.1, -0.05) is 30.3 Å². The molecule has 7 nitrogen and oxygen atoms in total. The Morgan fingerprint density at radius 3 is 2.32 bits per heavy atom. The van der Waals surface area contributed by atoms with E-state index in [-0.39, 0.29) is 29.4 Å². The standard InChI is InChI=1S/C24H33N3O4/c28-22-7-6-21(18-27(22)13-12-25-14-16-31-17-15-25)24(30)26-10-8-20(9-11-26)23(29)19-4-2-1-3-5-19/h1-5,20-21H,6-18H2. The third-order valence-corrected chi connectivity index (χ3v) is 6.87. The molecule has 3 saturated heterocycles. The Kier molecular flexibility index (Phi) is 7.35. The highest BCUT2D eigenvalue weighted by Crippen LogP contribution is 2.26. The van der Waals surface area contributed by atoms with E-state index in [0.29, 0.717) is 51.9 Å². The van der Waals surface area contributed by atoms with Crippen LogP contribution in [0.15, 0.2) is 30.3 Å². The third kappa shape index (κ3) is 5.52. The minimum atomic E-state index is -0.122. The normalized spacial score (nSPS) is 23.7. The molecule has 2 amide bonds. The first-order chi connectivity index (χ1) is 15.1. The van der Waals surface area contributed by atoms with Gasteiger partial charge in [0, 0.05) is 63.7 Å². The molecule has 0 saturated carbocycles. The molecule has 1 atom stereocenters. The maximum atomic E-state index is 13.1. The predicted octanol–water partition coefficient (Wildman–Crippen LogP) is 1.68. The summed E-state index contributed by atoms with van der Waals surface area (Å²) in [5.74, 6) is 0.359. The fourth-order valence-corrected chi connectivity index (χ4v) is 4.88. The molecule has 7 heteroatoms. The summed E-state index contributed by atoms with van der Waals surface area (Å²) in [6.07, 6.45) is 2.51. The predicted molar refractivity (Wildman–Crippen MR) is 117 cm³/mol. The Hall–Kier alpha value is -2.25. The largest absolute Gasteiger partial charge is 0.379 e. The molecule has 0 bridgehead atoms. The molecule has 168 valence electrons. The summed E-state index contributed by atoms with van der Waals surface area (Å²) in [4.78, 5) is 44.3. The quantitative estimate of drug-likeness (QED) is 0.646. The molecule has 3 heterocycles. The topological polar surface area (TPSA) is 70.2 Å². The molecular formula is C24H33N3O4. The molecule has 3 aliphatic rings. The second-order valence-electron chi connectivity index (χ2n) is 8.86. The zero-order chi connectivity index (χ0) is 21.6. The van der Waals surface area contributed by atoms with Crippen LogP contribution in [0.5, 0.6) is 0 Å². The van der Waals surface area contributed by atoms with E-state index in [9.17, 15) is 14.4 Å². The lowest BCUT2D eigenvalue weighted by Gasteiger charge is -2.38. The van der Waals surface area contributed by atoms with Crippen LogP contribution < -0.4 is 0 Å². The molecule has 3 fully saturated rings. The number of likely N-dealkylation sites (tertiary alicyclic amines) is 2. The molecule has 0 spiro atoms. The molecule has 0 aromatic heterocycles. The maximum Gasteiger partial charge on any atom is 0.227 e. The fourth-order valence-electron chi connectivity index (χ4n) is 4.88. The fraction of sp³-hybridized carbons (Fsp3) is 0.625. The van der Waals surface area contributed by atoms with Crippen molar-refractivity contribution in [2.75, 3.05) is 59.0 Å². The van der Waals surface area contributed by atoms with Crippen LogP contribution in [-0.2, 0) is 14.3 Å². The van der Waals surface area contributed by atoms with Crippen LogP contribution in [0.4, 0.5) is 0 Å². The molecule has 4 rings (SSSR count). The first kappa shape index (κ1) is 22.0. The van der Waals surface area contributed by atoms with Crippen molar-refractivity contribution >= 4 is 17.6 Å². The molecule has 1 unspecified atom stereocenters. The van der Waals surface area contributed by atoms with E-state index < -0.39 is 0 Å². The highest BCUT2D eigenvalue weighted by atomic mass is 16.5. The van der Waals surface area contributed by atoms with Crippen molar-refractivity contribution in [3.05, 3.63) is 35.9 Å². The Balaban J connectivity index is 1.26. The lowest BCUT2D eigenvalue weighted by Crippen LogP contribution is -2.51. The van der Waals surface area contributed by atoms with Crippen LogP contribution in [0.2, 0.25) is 0 Å². The SMILES string of the molecule is O=C(c1ccccc1)C1CCN(C(=O)C2CCC(=O)N(CCN3CCOCC3)C2)CC1. The van der Waals surface area contributed by atoms with Crippen LogP contribution in [0, 0.1) is 11.8 Å². The average molecular weight is 428 g/mol. The number of ether oxygens (including phenoxy) is 1. The number of piperidine rings is 2. The van der Waals surface area contributed by atoms with E-state index >= 15 is 0 Å². The van der Waals surface area contributed by atoms with Crippen molar-refractivity contribution in [1.29, 1.82) is 0 Å². The van der Waals surface area contributed by atoms with Crippen molar-refractivity contribution in [3.8, 4) is 0 Å². The monoisotopic (exact) mass is 427 g/mol. The van der Waals surface area contributed by atoms with Gasteiger partial charge in [0.15, 0.2) is 5.78 Å². The number of carbonyl (C=O) groups is 3. The summed E-state index contributed by atoms with van der Waals surface area (Å²) in [6.45, 7) is 6.59. The minimum absolute atomic E-state index is 0.00981. The first-order valence-electron chi connectivity index (χ1n) is 11.6. The van der Waals surface area contributed by atoms with Gasteiger partial charge in [-0.15, -0.1) is 0 Å². The van der Waals surface area contributed by atoms with E-state index in [1.807, 2.05) is 40.1 Å². The van der Waals surface area contributed by atoms with Gasteiger partial charge in [0.25, 0.3) is 0 Å². The summed E-state index contributed by atoms with van der Waals surface area (Å²) in [5, 5.41) is 0. The highest BCUT2D eigenvalue weighted by Gasteiger charge is 2.35. The Labute approximate surface area is 184 Å². The number of nitrogens with zero attached hydrogens (tertiary/aromatic N) is 3. The first-order valence-corrected chi connectivity index (χ1v) is 11.6. The second-order valence-corrected chi connectivity index (χ2v) is 8.86. The number of hydrogen-bond donors (Lipinski definition) is 0. The molecule has 1 aromatic carbocycles. The summed E-state index contributed by atoms with van der Waals surface area (Å²) in [6, 6.07) is 9.42. The van der Waals surface area contributed by atoms with Crippen molar-refractivity contribution in [2.45, 2.75) is 25.7 Å². The van der Waals surface area contributed by atoms with Gasteiger partial charge in [-0.05, 0) is 19.3 Å². The Bertz CT molecular complexity index is 770. The maximum absolute atomic E-state index is 13.1. The van der Waals surface area contributed by atoms with Crippen LogP contribution in [0.3, 0.4) is 0 Å². The molecule has 1 aromatic rings. The van der Waals surface area contributed by atoms with E-state index in [1.54, 1.807) is 0 Å². The molecule has 0 N–H and O–H groups in total. The lowest BCUT2D eigenvalue weighted by molar-refractivity contribution is -0.144. The van der Waals surface area contributed by atoms with Gasteiger partial charge < -0.3 is 14.5 Å². The number of Topliss-reactive ketones (excluding diaryl/α,β-unsaturated/α-hetero) is 1. The Morgan fingerprint density at radius 1 is 0.903 bits per heavy atom.